The van der Waals surface area contributed by atoms with Crippen molar-refractivity contribution in [3.05, 3.63) is 0 Å². The summed E-state index contributed by atoms with van der Waals surface area (Å²) in [4.78, 5) is 11.6. The summed E-state index contributed by atoms with van der Waals surface area (Å²) < 4.78 is 23.3. The van der Waals surface area contributed by atoms with Gasteiger partial charge in [-0.05, 0) is 6.92 Å². The molecule has 0 fully saturated rings. The first kappa shape index (κ1) is 9.33. The fourth-order valence-corrected chi connectivity index (χ4v) is 0.647. The van der Waals surface area contributed by atoms with Crippen molar-refractivity contribution in [3.8, 4) is 0 Å². The van der Waals surface area contributed by atoms with Crippen molar-refractivity contribution >= 4 is 5.91 Å². The molecular weight excluding hydrogens is 140 g/mol. The van der Waals surface area contributed by atoms with Crippen LogP contribution in [0.25, 0.3) is 0 Å². The summed E-state index contributed by atoms with van der Waals surface area (Å²) in [6.45, 7) is 2.85. The van der Waals surface area contributed by atoms with Crippen LogP contribution in [-0.4, -0.2) is 30.3 Å². The lowest BCUT2D eigenvalue weighted by atomic mass is 10.5. The monoisotopic (exact) mass is 151 g/mol. The first-order valence-corrected chi connectivity index (χ1v) is 3.11. The molecule has 0 radical (unpaired) electrons. The zero-order valence-electron chi connectivity index (χ0n) is 6.10. The molecule has 60 valence electrons. The Morgan fingerprint density at radius 2 is 2.10 bits per heavy atom. The van der Waals surface area contributed by atoms with E-state index in [1.54, 1.807) is 6.92 Å². The second kappa shape index (κ2) is 4.19. The van der Waals surface area contributed by atoms with Crippen LogP contribution in [0.5, 0.6) is 0 Å². The van der Waals surface area contributed by atoms with Crippen molar-refractivity contribution in [2.75, 3.05) is 13.1 Å². The zero-order valence-corrected chi connectivity index (χ0v) is 6.10. The van der Waals surface area contributed by atoms with Gasteiger partial charge in [0.1, 0.15) is 0 Å². The molecule has 0 aliphatic heterocycles. The van der Waals surface area contributed by atoms with Gasteiger partial charge in [-0.3, -0.25) is 4.79 Å². The average molecular weight is 151 g/mol. The summed E-state index contributed by atoms with van der Waals surface area (Å²) in [5.41, 5.74) is 0. The van der Waals surface area contributed by atoms with Gasteiger partial charge in [0.05, 0.1) is 6.54 Å². The molecule has 0 N–H and O–H groups in total. The fraction of sp³-hybridized carbons (Fsp3) is 0.833. The Labute approximate surface area is 58.8 Å². The van der Waals surface area contributed by atoms with Crippen LogP contribution in [-0.2, 0) is 4.79 Å². The highest BCUT2D eigenvalue weighted by Crippen LogP contribution is 1.97. The second-order valence-electron chi connectivity index (χ2n) is 1.95. The Morgan fingerprint density at radius 1 is 1.60 bits per heavy atom. The van der Waals surface area contributed by atoms with Crippen LogP contribution in [0.4, 0.5) is 8.78 Å². The zero-order chi connectivity index (χ0) is 8.15. The highest BCUT2D eigenvalue weighted by molar-refractivity contribution is 5.73. The van der Waals surface area contributed by atoms with Crippen LogP contribution >= 0.6 is 0 Å². The minimum absolute atomic E-state index is 0.303. The molecule has 0 atom stereocenters. The Kier molecular flexibility index (Phi) is 3.91. The smallest absolute Gasteiger partial charge is 0.255 e. The van der Waals surface area contributed by atoms with E-state index in [0.29, 0.717) is 6.54 Å². The maximum absolute atomic E-state index is 11.6. The number of hydrogen-bond donors (Lipinski definition) is 0. The molecule has 0 saturated heterocycles. The van der Waals surface area contributed by atoms with Crippen molar-refractivity contribution in [2.24, 2.45) is 0 Å². The summed E-state index contributed by atoms with van der Waals surface area (Å²) in [5.74, 6) is -0.303. The van der Waals surface area contributed by atoms with Crippen molar-refractivity contribution in [1.29, 1.82) is 0 Å². The van der Waals surface area contributed by atoms with Crippen LogP contribution in [0, 0.1) is 0 Å². The molecule has 0 aromatic carbocycles. The summed E-state index contributed by atoms with van der Waals surface area (Å²) in [6, 6.07) is 0. The predicted molar refractivity (Wildman–Crippen MR) is 33.9 cm³/mol. The van der Waals surface area contributed by atoms with Crippen LogP contribution in [0.1, 0.15) is 13.8 Å². The van der Waals surface area contributed by atoms with E-state index in [2.05, 4.69) is 0 Å². The number of nitrogens with zero attached hydrogens (tertiary/aromatic N) is 1. The van der Waals surface area contributed by atoms with E-state index in [1.165, 1.54) is 6.92 Å². The number of amides is 1. The number of hydrogen-bond acceptors (Lipinski definition) is 1. The number of rotatable bonds is 3. The quantitative estimate of drug-likeness (QED) is 0.591. The summed E-state index contributed by atoms with van der Waals surface area (Å²) in [7, 11) is 0. The molecule has 0 aliphatic carbocycles. The molecular formula is C6H11F2NO. The van der Waals surface area contributed by atoms with Crippen LogP contribution in [0.15, 0.2) is 0 Å². The third-order valence-electron chi connectivity index (χ3n) is 1.19. The van der Waals surface area contributed by atoms with E-state index in [4.69, 9.17) is 0 Å². The van der Waals surface area contributed by atoms with Gasteiger partial charge in [0.2, 0.25) is 5.91 Å². The van der Waals surface area contributed by atoms with Gasteiger partial charge >= 0.3 is 0 Å². The third-order valence-corrected chi connectivity index (χ3v) is 1.19. The van der Waals surface area contributed by atoms with Crippen LogP contribution < -0.4 is 0 Å². The van der Waals surface area contributed by atoms with Crippen molar-refractivity contribution in [3.63, 3.8) is 0 Å². The molecule has 0 heterocycles. The Bertz CT molecular complexity index is 116. The normalized spacial score (nSPS) is 10.1. The van der Waals surface area contributed by atoms with Crippen molar-refractivity contribution in [1.82, 2.24) is 4.90 Å². The van der Waals surface area contributed by atoms with Crippen molar-refractivity contribution in [2.45, 2.75) is 20.3 Å². The van der Waals surface area contributed by atoms with Crippen LogP contribution in [0.2, 0.25) is 0 Å². The van der Waals surface area contributed by atoms with Gasteiger partial charge in [-0.25, -0.2) is 8.78 Å². The molecule has 1 amide bonds. The SMILES string of the molecule is CCN(CC(F)F)C(C)=O. The Morgan fingerprint density at radius 3 is 2.20 bits per heavy atom. The summed E-state index contributed by atoms with van der Waals surface area (Å²) >= 11 is 0. The molecule has 0 bridgehead atoms. The van der Waals surface area contributed by atoms with Gasteiger partial charge < -0.3 is 4.90 Å². The lowest BCUT2D eigenvalue weighted by Gasteiger charge is -2.17. The number of carbonyl (C=O) groups excluding carboxylic acids is 1. The molecule has 0 spiro atoms. The van der Waals surface area contributed by atoms with Crippen molar-refractivity contribution < 1.29 is 13.6 Å². The standard InChI is InChI=1S/C6H11F2NO/c1-3-9(5(2)10)4-6(7)8/h6H,3-4H2,1-2H3. The molecule has 0 rings (SSSR count). The van der Waals surface area contributed by atoms with Gasteiger partial charge in [-0.15, -0.1) is 0 Å². The third kappa shape index (κ3) is 3.37. The Balaban J connectivity index is 3.72. The number of carbonyl (C=O) groups is 1. The number of alkyl halides is 2. The van der Waals surface area contributed by atoms with E-state index < -0.39 is 13.0 Å². The number of halogens is 2. The van der Waals surface area contributed by atoms with Gasteiger partial charge in [0.25, 0.3) is 6.43 Å². The maximum atomic E-state index is 11.6. The molecule has 2 nitrogen and oxygen atoms in total. The van der Waals surface area contributed by atoms with Gasteiger partial charge in [-0.2, -0.15) is 0 Å². The molecule has 0 aromatic rings. The second-order valence-corrected chi connectivity index (χ2v) is 1.95. The van der Waals surface area contributed by atoms with Gasteiger partial charge in [0.15, 0.2) is 0 Å². The maximum Gasteiger partial charge on any atom is 0.255 e. The van der Waals surface area contributed by atoms with E-state index >= 15 is 0 Å². The summed E-state index contributed by atoms with van der Waals surface area (Å²) in [6.07, 6.45) is -2.43. The summed E-state index contributed by atoms with van der Waals surface area (Å²) in [5, 5.41) is 0. The van der Waals surface area contributed by atoms with E-state index in [0.717, 1.165) is 4.90 Å². The first-order chi connectivity index (χ1) is 4.57. The van der Waals surface area contributed by atoms with E-state index in [-0.39, 0.29) is 5.91 Å². The van der Waals surface area contributed by atoms with Gasteiger partial charge in [-0.1, -0.05) is 0 Å². The molecule has 10 heavy (non-hydrogen) atoms. The molecule has 0 aromatic heterocycles. The largest absolute Gasteiger partial charge is 0.337 e. The molecule has 0 aliphatic rings. The predicted octanol–water partition coefficient (Wildman–Crippen LogP) is 1.12. The first-order valence-electron chi connectivity index (χ1n) is 3.11. The minimum atomic E-state index is -2.43. The topological polar surface area (TPSA) is 20.3 Å². The minimum Gasteiger partial charge on any atom is -0.337 e. The Hall–Kier alpha value is -0.670. The van der Waals surface area contributed by atoms with E-state index in [9.17, 15) is 13.6 Å². The highest BCUT2D eigenvalue weighted by Gasteiger charge is 2.11. The average Bonchev–Trinajstić information content (AvgIpc) is 1.81. The molecule has 0 unspecified atom stereocenters. The van der Waals surface area contributed by atoms with Gasteiger partial charge in [0, 0.05) is 13.5 Å². The highest BCUT2D eigenvalue weighted by atomic mass is 19.3. The lowest BCUT2D eigenvalue weighted by Crippen LogP contribution is -2.32. The molecule has 0 saturated carbocycles. The van der Waals surface area contributed by atoms with E-state index in [1.807, 2.05) is 0 Å². The fourth-order valence-electron chi connectivity index (χ4n) is 0.647. The molecule has 4 heteroatoms. The van der Waals surface area contributed by atoms with Crippen LogP contribution in [0.3, 0.4) is 0 Å². The lowest BCUT2D eigenvalue weighted by molar-refractivity contribution is -0.130.